The first-order chi connectivity index (χ1) is 8.01. The summed E-state index contributed by atoms with van der Waals surface area (Å²) in [5, 5.41) is 0. The third-order valence-corrected chi connectivity index (χ3v) is 2.03. The molecule has 17 heavy (non-hydrogen) atoms. The minimum atomic E-state index is -2.98. The largest absolute Gasteiger partial charge is 0.462 e. The zero-order valence-corrected chi connectivity index (χ0v) is 9.13. The summed E-state index contributed by atoms with van der Waals surface area (Å²) in [5.41, 5.74) is 3.14. The third kappa shape index (κ3) is 2.88. The smallest absolute Gasteiger partial charge is 0.344 e. The minimum Gasteiger partial charge on any atom is -0.462 e. The maximum Gasteiger partial charge on any atom is 0.344 e. The van der Waals surface area contributed by atoms with Crippen LogP contribution < -0.4 is 11.2 Å². The van der Waals surface area contributed by atoms with Crippen LogP contribution in [0.3, 0.4) is 0 Å². The molecule has 0 spiro atoms. The number of hydrogen-bond acceptors (Lipinski definition) is 4. The van der Waals surface area contributed by atoms with Crippen molar-refractivity contribution in [3.05, 3.63) is 33.2 Å². The van der Waals surface area contributed by atoms with E-state index in [-0.39, 0.29) is 18.8 Å². The van der Waals surface area contributed by atoms with Crippen LogP contribution in [0.15, 0.2) is 10.9 Å². The molecule has 1 heterocycles. The number of H-pyrrole nitrogens is 1. The molecule has 0 aliphatic carbocycles. The van der Waals surface area contributed by atoms with Crippen LogP contribution in [0.4, 0.5) is 8.78 Å². The molecule has 0 unspecified atom stereocenters. The van der Waals surface area contributed by atoms with Gasteiger partial charge in [0.15, 0.2) is 5.43 Å². The topological polar surface area (TPSA) is 85.2 Å². The quantitative estimate of drug-likeness (QED) is 0.774. The fraction of sp³-hybridized carbons (Fsp3) is 0.400. The van der Waals surface area contributed by atoms with E-state index < -0.39 is 29.1 Å². The Bertz CT molecular complexity index is 471. The van der Waals surface area contributed by atoms with Crippen molar-refractivity contribution in [2.75, 3.05) is 6.61 Å². The Morgan fingerprint density at radius 1 is 1.59 bits per heavy atom. The molecule has 0 bridgehead atoms. The number of ether oxygens (including phenoxy) is 1. The monoisotopic (exact) mass is 246 g/mol. The van der Waals surface area contributed by atoms with E-state index in [0.29, 0.717) is 0 Å². The van der Waals surface area contributed by atoms with E-state index in [2.05, 4.69) is 9.72 Å². The van der Waals surface area contributed by atoms with Gasteiger partial charge in [0.05, 0.1) is 6.61 Å². The molecule has 7 heteroatoms. The van der Waals surface area contributed by atoms with Gasteiger partial charge in [0.1, 0.15) is 11.3 Å². The number of carbonyl (C=O) groups is 1. The summed E-state index contributed by atoms with van der Waals surface area (Å²) in [7, 11) is 0. The lowest BCUT2D eigenvalue weighted by atomic mass is 10.1. The Balaban J connectivity index is 3.37. The van der Waals surface area contributed by atoms with E-state index in [0.717, 1.165) is 6.07 Å². The molecule has 1 aromatic rings. The summed E-state index contributed by atoms with van der Waals surface area (Å²) in [4.78, 5) is 25.2. The van der Waals surface area contributed by atoms with Gasteiger partial charge in [0.25, 0.3) is 6.43 Å². The van der Waals surface area contributed by atoms with Crippen LogP contribution in [0.5, 0.6) is 0 Å². The maximum atomic E-state index is 12.7. The first-order valence-electron chi connectivity index (χ1n) is 4.92. The lowest BCUT2D eigenvalue weighted by molar-refractivity contribution is 0.0511. The molecule has 94 valence electrons. The molecule has 0 aromatic carbocycles. The zero-order valence-electron chi connectivity index (χ0n) is 9.13. The zero-order chi connectivity index (χ0) is 13.0. The predicted molar refractivity (Wildman–Crippen MR) is 55.9 cm³/mol. The van der Waals surface area contributed by atoms with Gasteiger partial charge in [-0.2, -0.15) is 0 Å². The Morgan fingerprint density at radius 3 is 2.71 bits per heavy atom. The molecule has 0 amide bonds. The van der Waals surface area contributed by atoms with Crippen LogP contribution in [-0.2, 0) is 11.3 Å². The number of aromatic nitrogens is 1. The summed E-state index contributed by atoms with van der Waals surface area (Å²) in [6.45, 7) is 1.42. The fourth-order valence-corrected chi connectivity index (χ4v) is 1.32. The SMILES string of the molecule is CCOC(=O)c1c(C(F)F)[nH]c(CN)cc1=O. The van der Waals surface area contributed by atoms with Crippen molar-refractivity contribution in [2.45, 2.75) is 19.9 Å². The molecular formula is C10H12F2N2O3. The van der Waals surface area contributed by atoms with Gasteiger partial charge in [-0.1, -0.05) is 0 Å². The summed E-state index contributed by atoms with van der Waals surface area (Å²) >= 11 is 0. The van der Waals surface area contributed by atoms with Gasteiger partial charge in [0, 0.05) is 18.3 Å². The number of nitrogens with two attached hydrogens (primary N) is 1. The highest BCUT2D eigenvalue weighted by atomic mass is 19.3. The van der Waals surface area contributed by atoms with E-state index in [1.54, 1.807) is 0 Å². The summed E-state index contributed by atoms with van der Waals surface area (Å²) in [6, 6.07) is 1.01. The molecule has 0 radical (unpaired) electrons. The molecule has 3 N–H and O–H groups in total. The number of nitrogens with one attached hydrogen (secondary N) is 1. The van der Waals surface area contributed by atoms with Crippen molar-refractivity contribution in [3.8, 4) is 0 Å². The maximum absolute atomic E-state index is 12.7. The van der Waals surface area contributed by atoms with Gasteiger partial charge in [-0.3, -0.25) is 4.79 Å². The third-order valence-electron chi connectivity index (χ3n) is 2.03. The van der Waals surface area contributed by atoms with Gasteiger partial charge in [-0.15, -0.1) is 0 Å². The first kappa shape index (κ1) is 13.3. The normalized spacial score (nSPS) is 10.6. The first-order valence-corrected chi connectivity index (χ1v) is 4.92. The number of pyridine rings is 1. The van der Waals surface area contributed by atoms with Crippen molar-refractivity contribution in [3.63, 3.8) is 0 Å². The summed E-state index contributed by atoms with van der Waals surface area (Å²) in [6.07, 6.45) is -2.98. The Kier molecular flexibility index (Phi) is 4.33. The Labute approximate surface area is 95.6 Å². The molecular weight excluding hydrogens is 234 g/mol. The number of esters is 1. The van der Waals surface area contributed by atoms with Crippen molar-refractivity contribution in [1.29, 1.82) is 0 Å². The predicted octanol–water partition coefficient (Wildman–Crippen LogP) is 0.948. The van der Waals surface area contributed by atoms with E-state index in [9.17, 15) is 18.4 Å². The average molecular weight is 246 g/mol. The highest BCUT2D eigenvalue weighted by molar-refractivity contribution is 5.90. The van der Waals surface area contributed by atoms with Gasteiger partial charge in [-0.25, -0.2) is 13.6 Å². The molecule has 0 aliphatic rings. The molecule has 0 saturated carbocycles. The van der Waals surface area contributed by atoms with E-state index in [1.807, 2.05) is 0 Å². The lowest BCUT2D eigenvalue weighted by Gasteiger charge is -2.09. The van der Waals surface area contributed by atoms with Crippen LogP contribution in [0.1, 0.15) is 35.1 Å². The molecule has 0 aliphatic heterocycles. The van der Waals surface area contributed by atoms with Crippen molar-refractivity contribution < 1.29 is 18.3 Å². The second-order valence-electron chi connectivity index (χ2n) is 3.17. The van der Waals surface area contributed by atoms with E-state index in [4.69, 9.17) is 5.73 Å². The number of halogens is 2. The van der Waals surface area contributed by atoms with Gasteiger partial charge in [-0.05, 0) is 6.92 Å². The van der Waals surface area contributed by atoms with E-state index in [1.165, 1.54) is 6.92 Å². The highest BCUT2D eigenvalue weighted by Crippen LogP contribution is 2.19. The van der Waals surface area contributed by atoms with Gasteiger partial charge in [0.2, 0.25) is 0 Å². The molecule has 0 atom stereocenters. The summed E-state index contributed by atoms with van der Waals surface area (Å²) in [5.74, 6) is -1.06. The van der Waals surface area contributed by atoms with Crippen LogP contribution in [0.25, 0.3) is 0 Å². The number of rotatable bonds is 4. The lowest BCUT2D eigenvalue weighted by Crippen LogP contribution is -2.23. The Hall–Kier alpha value is -1.76. The second kappa shape index (κ2) is 5.53. The minimum absolute atomic E-state index is 0.000405. The van der Waals surface area contributed by atoms with Crippen molar-refractivity contribution in [1.82, 2.24) is 4.98 Å². The Morgan fingerprint density at radius 2 is 2.24 bits per heavy atom. The number of hydrogen-bond donors (Lipinski definition) is 2. The van der Waals surface area contributed by atoms with E-state index >= 15 is 0 Å². The van der Waals surface area contributed by atoms with Gasteiger partial charge < -0.3 is 15.5 Å². The average Bonchev–Trinajstić information content (AvgIpc) is 2.27. The fourth-order valence-electron chi connectivity index (χ4n) is 1.32. The van der Waals surface area contributed by atoms with Crippen LogP contribution in [0.2, 0.25) is 0 Å². The van der Waals surface area contributed by atoms with Crippen LogP contribution in [0, 0.1) is 0 Å². The number of carbonyl (C=O) groups excluding carboxylic acids is 1. The summed E-state index contributed by atoms with van der Waals surface area (Å²) < 4.78 is 30.0. The van der Waals surface area contributed by atoms with Gasteiger partial charge >= 0.3 is 5.97 Å². The van der Waals surface area contributed by atoms with Crippen LogP contribution in [-0.4, -0.2) is 17.6 Å². The van der Waals surface area contributed by atoms with Crippen molar-refractivity contribution >= 4 is 5.97 Å². The molecule has 1 aromatic heterocycles. The second-order valence-corrected chi connectivity index (χ2v) is 3.17. The number of alkyl halides is 2. The molecule has 1 rings (SSSR count). The van der Waals surface area contributed by atoms with Crippen molar-refractivity contribution in [2.24, 2.45) is 5.73 Å². The number of aromatic amines is 1. The highest BCUT2D eigenvalue weighted by Gasteiger charge is 2.24. The molecule has 0 fully saturated rings. The molecule has 0 saturated heterocycles. The molecule has 5 nitrogen and oxygen atoms in total. The van der Waals surface area contributed by atoms with Crippen LogP contribution >= 0.6 is 0 Å². The standard InChI is InChI=1S/C10H12F2N2O3/c1-2-17-10(16)7-6(15)3-5(4-13)14-8(7)9(11)12/h3,9H,2,4,13H2,1H3,(H,14,15).